The minimum absolute atomic E-state index is 0.0633. The molecule has 2 N–H and O–H groups in total. The van der Waals surface area contributed by atoms with E-state index in [1.165, 1.54) is 19.2 Å². The van der Waals surface area contributed by atoms with Gasteiger partial charge in [0.25, 0.3) is 5.91 Å². The number of benzene rings is 1. The summed E-state index contributed by atoms with van der Waals surface area (Å²) in [6.07, 6.45) is 0.227. The minimum Gasteiger partial charge on any atom is -0.497 e. The van der Waals surface area contributed by atoms with Crippen LogP contribution < -0.4 is 20.3 Å². The van der Waals surface area contributed by atoms with E-state index in [1.807, 2.05) is 4.90 Å². The Morgan fingerprint density at radius 3 is 2.50 bits per heavy atom. The van der Waals surface area contributed by atoms with Gasteiger partial charge >= 0.3 is 6.03 Å². The van der Waals surface area contributed by atoms with E-state index in [0.717, 1.165) is 5.69 Å². The van der Waals surface area contributed by atoms with Gasteiger partial charge in [-0.1, -0.05) is 6.92 Å². The van der Waals surface area contributed by atoms with Gasteiger partial charge in [0.05, 0.1) is 7.11 Å². The van der Waals surface area contributed by atoms with Gasteiger partial charge in [-0.05, 0) is 19.4 Å². The molecule has 2 atom stereocenters. The maximum atomic E-state index is 13.7. The second-order valence-electron chi connectivity index (χ2n) is 7.51. The van der Waals surface area contributed by atoms with Gasteiger partial charge in [-0.3, -0.25) is 14.9 Å². The number of methoxy groups -OCH3 is 1. The van der Waals surface area contributed by atoms with Crippen LogP contribution in [0.15, 0.2) is 18.2 Å². The van der Waals surface area contributed by atoms with E-state index in [2.05, 4.69) is 10.6 Å². The SMILES string of the molecule is COc1cc(F)cc(N2CCN(C(=O)[C@@H](C)C[C@@]3(C)NC(=O)NC3=O)CC2)c1. The lowest BCUT2D eigenvalue weighted by Crippen LogP contribution is -2.52. The Balaban J connectivity index is 1.58. The molecule has 4 amide bonds. The smallest absolute Gasteiger partial charge is 0.322 e. The standard InChI is InChI=1S/C19H25FN4O4/c1-12(11-19(2)17(26)21-18(27)22-19)16(25)24-6-4-23(5-7-24)14-8-13(20)9-15(10-14)28-3/h8-10,12H,4-7,11H2,1-3H3,(H2,21,22,26,27)/t12-,19+/m0/s1. The van der Waals surface area contributed by atoms with E-state index < -0.39 is 23.4 Å². The largest absolute Gasteiger partial charge is 0.497 e. The zero-order valence-electron chi connectivity index (χ0n) is 16.3. The Kier molecular flexibility index (Phi) is 5.44. The number of urea groups is 1. The van der Waals surface area contributed by atoms with Crippen LogP contribution in [-0.4, -0.2) is 61.6 Å². The molecule has 0 radical (unpaired) electrons. The van der Waals surface area contributed by atoms with Gasteiger partial charge in [0.15, 0.2) is 0 Å². The van der Waals surface area contributed by atoms with Crippen molar-refractivity contribution < 1.29 is 23.5 Å². The molecular weight excluding hydrogens is 367 g/mol. The van der Waals surface area contributed by atoms with Crippen LogP contribution in [0.5, 0.6) is 5.75 Å². The first-order valence-electron chi connectivity index (χ1n) is 9.24. The molecule has 2 aliphatic rings. The molecule has 1 aromatic carbocycles. The van der Waals surface area contributed by atoms with Crippen molar-refractivity contribution in [2.75, 3.05) is 38.2 Å². The minimum atomic E-state index is -1.08. The molecule has 0 bridgehead atoms. The van der Waals surface area contributed by atoms with Crippen molar-refractivity contribution in [1.82, 2.24) is 15.5 Å². The molecule has 0 aliphatic carbocycles. The molecule has 0 unspecified atom stereocenters. The van der Waals surface area contributed by atoms with Gasteiger partial charge in [0.1, 0.15) is 17.1 Å². The molecule has 0 spiro atoms. The van der Waals surface area contributed by atoms with Crippen molar-refractivity contribution in [2.45, 2.75) is 25.8 Å². The highest BCUT2D eigenvalue weighted by Crippen LogP contribution is 2.26. The van der Waals surface area contributed by atoms with Crippen LogP contribution >= 0.6 is 0 Å². The number of carbonyl (C=O) groups is 3. The molecule has 0 aromatic heterocycles. The van der Waals surface area contributed by atoms with Crippen LogP contribution in [0.3, 0.4) is 0 Å². The van der Waals surface area contributed by atoms with Crippen molar-refractivity contribution in [3.63, 3.8) is 0 Å². The zero-order valence-corrected chi connectivity index (χ0v) is 16.3. The Labute approximate surface area is 163 Å². The van der Waals surface area contributed by atoms with E-state index >= 15 is 0 Å². The van der Waals surface area contributed by atoms with E-state index in [0.29, 0.717) is 31.9 Å². The van der Waals surface area contributed by atoms with Crippen LogP contribution in [0.4, 0.5) is 14.9 Å². The fourth-order valence-electron chi connectivity index (χ4n) is 3.77. The van der Waals surface area contributed by atoms with Crippen molar-refractivity contribution >= 4 is 23.5 Å². The summed E-state index contributed by atoms with van der Waals surface area (Å²) < 4.78 is 18.8. The van der Waals surface area contributed by atoms with Crippen LogP contribution in [0.25, 0.3) is 0 Å². The molecule has 3 rings (SSSR count). The number of rotatable bonds is 5. The number of halogens is 1. The van der Waals surface area contributed by atoms with Gasteiger partial charge in [-0.15, -0.1) is 0 Å². The Bertz CT molecular complexity index is 794. The predicted molar refractivity (Wildman–Crippen MR) is 101 cm³/mol. The highest BCUT2D eigenvalue weighted by Gasteiger charge is 2.44. The van der Waals surface area contributed by atoms with E-state index in [4.69, 9.17) is 4.74 Å². The van der Waals surface area contributed by atoms with E-state index in [9.17, 15) is 18.8 Å². The summed E-state index contributed by atoms with van der Waals surface area (Å²) in [5, 5.41) is 4.80. The summed E-state index contributed by atoms with van der Waals surface area (Å²) in [7, 11) is 1.49. The molecule has 152 valence electrons. The second kappa shape index (κ2) is 7.65. The van der Waals surface area contributed by atoms with Crippen LogP contribution in [0.1, 0.15) is 20.3 Å². The lowest BCUT2D eigenvalue weighted by Gasteiger charge is -2.38. The summed E-state index contributed by atoms with van der Waals surface area (Å²) in [5.74, 6) is -0.817. The third kappa shape index (κ3) is 4.02. The summed E-state index contributed by atoms with van der Waals surface area (Å²) in [6, 6.07) is 4.01. The van der Waals surface area contributed by atoms with Crippen molar-refractivity contribution in [3.8, 4) is 5.75 Å². The molecular formula is C19H25FN4O4. The average Bonchev–Trinajstić information content (AvgIpc) is 2.91. The van der Waals surface area contributed by atoms with Crippen molar-refractivity contribution in [3.05, 3.63) is 24.0 Å². The van der Waals surface area contributed by atoms with Crippen LogP contribution in [-0.2, 0) is 9.59 Å². The highest BCUT2D eigenvalue weighted by molar-refractivity contribution is 6.07. The maximum Gasteiger partial charge on any atom is 0.322 e. The molecule has 2 saturated heterocycles. The number of amides is 4. The first-order valence-corrected chi connectivity index (χ1v) is 9.24. The normalized spacial score (nSPS) is 23.3. The summed E-state index contributed by atoms with van der Waals surface area (Å²) in [5.41, 5.74) is -0.360. The van der Waals surface area contributed by atoms with Gasteiger partial charge in [-0.25, -0.2) is 9.18 Å². The summed E-state index contributed by atoms with van der Waals surface area (Å²) in [6.45, 7) is 5.51. The van der Waals surface area contributed by atoms with Gasteiger partial charge in [0, 0.05) is 49.9 Å². The Morgan fingerprint density at radius 2 is 1.93 bits per heavy atom. The first-order chi connectivity index (χ1) is 13.2. The van der Waals surface area contributed by atoms with Crippen molar-refractivity contribution in [2.24, 2.45) is 5.92 Å². The third-order valence-corrected chi connectivity index (χ3v) is 5.30. The topological polar surface area (TPSA) is 91.0 Å². The molecule has 9 heteroatoms. The molecule has 2 heterocycles. The number of piperazine rings is 1. The monoisotopic (exact) mass is 392 g/mol. The van der Waals surface area contributed by atoms with E-state index in [1.54, 1.807) is 24.8 Å². The molecule has 1 aromatic rings. The highest BCUT2D eigenvalue weighted by atomic mass is 19.1. The Hall–Kier alpha value is -2.84. The molecule has 28 heavy (non-hydrogen) atoms. The van der Waals surface area contributed by atoms with Gasteiger partial charge < -0.3 is 19.9 Å². The lowest BCUT2D eigenvalue weighted by molar-refractivity contribution is -0.136. The lowest BCUT2D eigenvalue weighted by atomic mass is 9.89. The van der Waals surface area contributed by atoms with Crippen molar-refractivity contribution in [1.29, 1.82) is 0 Å². The van der Waals surface area contributed by atoms with Gasteiger partial charge in [0.2, 0.25) is 5.91 Å². The number of nitrogens with one attached hydrogen (secondary N) is 2. The number of ether oxygens (including phenoxy) is 1. The predicted octanol–water partition coefficient (Wildman–Crippen LogP) is 1.11. The molecule has 2 fully saturated rings. The summed E-state index contributed by atoms with van der Waals surface area (Å²) >= 11 is 0. The maximum absolute atomic E-state index is 13.7. The number of imide groups is 1. The first kappa shape index (κ1) is 19.9. The molecule has 8 nitrogen and oxygen atoms in total. The number of hydrogen-bond donors (Lipinski definition) is 2. The van der Waals surface area contributed by atoms with Crippen LogP contribution in [0, 0.1) is 11.7 Å². The Morgan fingerprint density at radius 1 is 1.25 bits per heavy atom. The fourth-order valence-corrected chi connectivity index (χ4v) is 3.77. The number of carbonyl (C=O) groups excluding carboxylic acids is 3. The quantitative estimate of drug-likeness (QED) is 0.733. The number of hydrogen-bond acceptors (Lipinski definition) is 5. The number of anilines is 1. The number of nitrogens with zero attached hydrogens (tertiary/aromatic N) is 2. The third-order valence-electron chi connectivity index (χ3n) is 5.30. The second-order valence-corrected chi connectivity index (χ2v) is 7.51. The summed E-state index contributed by atoms with van der Waals surface area (Å²) in [4.78, 5) is 39.9. The van der Waals surface area contributed by atoms with Crippen LogP contribution in [0.2, 0.25) is 0 Å². The molecule has 0 saturated carbocycles. The zero-order chi connectivity index (χ0) is 20.5. The van der Waals surface area contributed by atoms with Gasteiger partial charge in [-0.2, -0.15) is 0 Å². The fraction of sp³-hybridized carbons (Fsp3) is 0.526. The van der Waals surface area contributed by atoms with E-state index in [-0.39, 0.29) is 18.1 Å². The average molecular weight is 392 g/mol. The molecule has 2 aliphatic heterocycles.